The van der Waals surface area contributed by atoms with Crippen LogP contribution in [-0.4, -0.2) is 23.7 Å². The molecule has 0 aromatic heterocycles. The van der Waals surface area contributed by atoms with Gasteiger partial charge in [0.05, 0.1) is 11.3 Å². The molecular weight excluding hydrogens is 327 g/mol. The second kappa shape index (κ2) is 10.3. The van der Waals surface area contributed by atoms with E-state index in [1.807, 2.05) is 24.3 Å². The minimum Gasteiger partial charge on any atom is -0.349 e. The van der Waals surface area contributed by atoms with Crippen LogP contribution in [0.25, 0.3) is 0 Å². The number of halogens is 2. The molecule has 21 heavy (non-hydrogen) atoms. The van der Waals surface area contributed by atoms with Gasteiger partial charge in [0.25, 0.3) is 0 Å². The molecule has 0 aliphatic heterocycles. The van der Waals surface area contributed by atoms with Crippen LogP contribution in [0.3, 0.4) is 0 Å². The highest BCUT2D eigenvalue weighted by Gasteiger charge is 2.25. The molecule has 1 amide bonds. The van der Waals surface area contributed by atoms with E-state index >= 15 is 0 Å². The fraction of sp³-hybridized carbons (Fsp3) is 0.533. The summed E-state index contributed by atoms with van der Waals surface area (Å²) in [5.74, 6) is 1.27. The molecule has 6 heteroatoms. The van der Waals surface area contributed by atoms with Crippen LogP contribution in [0.5, 0.6) is 0 Å². The molecule has 0 saturated heterocycles. The van der Waals surface area contributed by atoms with Gasteiger partial charge in [0, 0.05) is 17.3 Å². The third kappa shape index (κ3) is 6.92. The molecule has 0 unspecified atom stereocenters. The van der Waals surface area contributed by atoms with E-state index in [1.54, 1.807) is 11.8 Å². The lowest BCUT2D eigenvalue weighted by molar-refractivity contribution is -0.120. The summed E-state index contributed by atoms with van der Waals surface area (Å²) in [7, 11) is 0. The van der Waals surface area contributed by atoms with E-state index in [0.29, 0.717) is 12.3 Å². The van der Waals surface area contributed by atoms with Crippen LogP contribution in [0.4, 0.5) is 0 Å². The van der Waals surface area contributed by atoms with Crippen molar-refractivity contribution < 1.29 is 4.79 Å². The first-order valence-corrected chi connectivity index (χ1v) is 8.41. The van der Waals surface area contributed by atoms with Gasteiger partial charge in [-0.25, -0.2) is 0 Å². The SMILES string of the molecule is CCC(CC)(CN)NC(=O)CSCc1cccc(Cl)c1.Cl. The number of carbonyl (C=O) groups excluding carboxylic acids is 1. The monoisotopic (exact) mass is 350 g/mol. The first-order chi connectivity index (χ1) is 9.55. The summed E-state index contributed by atoms with van der Waals surface area (Å²) in [5, 5.41) is 3.79. The van der Waals surface area contributed by atoms with Gasteiger partial charge in [-0.05, 0) is 30.5 Å². The summed E-state index contributed by atoms with van der Waals surface area (Å²) in [6.07, 6.45) is 1.70. The molecule has 0 heterocycles. The first kappa shape index (κ1) is 20.6. The molecule has 0 fully saturated rings. The second-order valence-electron chi connectivity index (χ2n) is 4.86. The minimum absolute atomic E-state index is 0. The van der Waals surface area contributed by atoms with Crippen LogP contribution in [0.15, 0.2) is 24.3 Å². The number of carbonyl (C=O) groups is 1. The number of hydrogen-bond acceptors (Lipinski definition) is 3. The zero-order valence-corrected chi connectivity index (χ0v) is 14.9. The molecule has 1 aromatic carbocycles. The average molecular weight is 351 g/mol. The van der Waals surface area contributed by atoms with Crippen molar-refractivity contribution in [2.75, 3.05) is 12.3 Å². The van der Waals surface area contributed by atoms with Crippen LogP contribution in [0, 0.1) is 0 Å². The highest BCUT2D eigenvalue weighted by Crippen LogP contribution is 2.17. The number of nitrogens with one attached hydrogen (secondary N) is 1. The van der Waals surface area contributed by atoms with Crippen LogP contribution >= 0.6 is 35.8 Å². The Morgan fingerprint density at radius 3 is 2.57 bits per heavy atom. The maximum atomic E-state index is 12.0. The summed E-state index contributed by atoms with van der Waals surface area (Å²) in [6.45, 7) is 4.58. The lowest BCUT2D eigenvalue weighted by Crippen LogP contribution is -2.53. The smallest absolute Gasteiger partial charge is 0.230 e. The molecule has 0 aliphatic carbocycles. The van der Waals surface area contributed by atoms with Crippen molar-refractivity contribution in [1.82, 2.24) is 5.32 Å². The van der Waals surface area contributed by atoms with Gasteiger partial charge in [0.1, 0.15) is 0 Å². The number of thioether (sulfide) groups is 1. The van der Waals surface area contributed by atoms with Gasteiger partial charge in [-0.1, -0.05) is 37.6 Å². The van der Waals surface area contributed by atoms with Crippen molar-refractivity contribution in [3.63, 3.8) is 0 Å². The van der Waals surface area contributed by atoms with Crippen LogP contribution in [0.2, 0.25) is 5.02 Å². The maximum Gasteiger partial charge on any atom is 0.230 e. The predicted molar refractivity (Wildman–Crippen MR) is 95.4 cm³/mol. The van der Waals surface area contributed by atoms with E-state index in [4.69, 9.17) is 17.3 Å². The third-order valence-corrected chi connectivity index (χ3v) is 4.78. The Morgan fingerprint density at radius 2 is 2.05 bits per heavy atom. The molecular formula is C15H24Cl2N2OS. The van der Waals surface area contributed by atoms with Crippen molar-refractivity contribution >= 4 is 41.7 Å². The van der Waals surface area contributed by atoms with E-state index in [1.165, 1.54) is 0 Å². The molecule has 120 valence electrons. The van der Waals surface area contributed by atoms with Crippen molar-refractivity contribution in [2.45, 2.75) is 38.0 Å². The Hall–Kier alpha value is -0.420. The molecule has 0 spiro atoms. The van der Waals surface area contributed by atoms with Crippen molar-refractivity contribution in [2.24, 2.45) is 5.73 Å². The van der Waals surface area contributed by atoms with Crippen LogP contribution in [0.1, 0.15) is 32.3 Å². The summed E-state index contributed by atoms with van der Waals surface area (Å²) >= 11 is 7.51. The normalized spacial score (nSPS) is 10.9. The fourth-order valence-corrected chi connectivity index (χ4v) is 2.97. The van der Waals surface area contributed by atoms with Gasteiger partial charge < -0.3 is 11.1 Å². The largest absolute Gasteiger partial charge is 0.349 e. The average Bonchev–Trinajstić information content (AvgIpc) is 2.45. The van der Waals surface area contributed by atoms with Crippen molar-refractivity contribution in [3.8, 4) is 0 Å². The number of amides is 1. The Balaban J connectivity index is 0.00000400. The zero-order valence-electron chi connectivity index (χ0n) is 12.5. The van der Waals surface area contributed by atoms with Gasteiger partial charge in [0.15, 0.2) is 0 Å². The number of nitrogens with two attached hydrogens (primary N) is 1. The standard InChI is InChI=1S/C15H23ClN2OS.ClH/c1-3-15(4-2,11-17)18-14(19)10-20-9-12-6-5-7-13(16)8-12;/h5-8H,3-4,9-11,17H2,1-2H3,(H,18,19);1H. The highest BCUT2D eigenvalue weighted by atomic mass is 35.5. The fourth-order valence-electron chi connectivity index (χ4n) is 1.99. The summed E-state index contributed by atoms with van der Waals surface area (Å²) in [4.78, 5) is 12.0. The van der Waals surface area contributed by atoms with E-state index in [0.717, 1.165) is 29.2 Å². The maximum absolute atomic E-state index is 12.0. The molecule has 0 bridgehead atoms. The topological polar surface area (TPSA) is 55.1 Å². The Labute approximate surface area is 142 Å². The highest BCUT2D eigenvalue weighted by molar-refractivity contribution is 7.99. The van der Waals surface area contributed by atoms with Gasteiger partial charge >= 0.3 is 0 Å². The van der Waals surface area contributed by atoms with E-state index in [2.05, 4.69) is 19.2 Å². The summed E-state index contributed by atoms with van der Waals surface area (Å²) < 4.78 is 0. The van der Waals surface area contributed by atoms with E-state index < -0.39 is 0 Å². The van der Waals surface area contributed by atoms with Crippen molar-refractivity contribution in [3.05, 3.63) is 34.9 Å². The lowest BCUT2D eigenvalue weighted by atomic mass is 9.93. The number of rotatable bonds is 8. The lowest BCUT2D eigenvalue weighted by Gasteiger charge is -2.31. The molecule has 0 radical (unpaired) electrons. The Morgan fingerprint density at radius 1 is 1.38 bits per heavy atom. The molecule has 0 atom stereocenters. The molecule has 3 nitrogen and oxygen atoms in total. The molecule has 0 saturated carbocycles. The Kier molecular flexibility index (Phi) is 10.1. The zero-order chi connectivity index (χ0) is 15.0. The number of hydrogen-bond donors (Lipinski definition) is 2. The third-order valence-electron chi connectivity index (χ3n) is 3.54. The van der Waals surface area contributed by atoms with Crippen LogP contribution < -0.4 is 11.1 Å². The minimum atomic E-state index is -0.256. The van der Waals surface area contributed by atoms with Crippen molar-refractivity contribution in [1.29, 1.82) is 0 Å². The van der Waals surface area contributed by atoms with Crippen LogP contribution in [-0.2, 0) is 10.5 Å². The summed E-state index contributed by atoms with van der Waals surface area (Å²) in [5.41, 5.74) is 6.65. The molecule has 3 N–H and O–H groups in total. The van der Waals surface area contributed by atoms with Gasteiger partial charge in [-0.3, -0.25) is 4.79 Å². The molecule has 1 aromatic rings. The van der Waals surface area contributed by atoms with E-state index in [-0.39, 0.29) is 23.9 Å². The second-order valence-corrected chi connectivity index (χ2v) is 6.28. The molecule has 0 aliphatic rings. The number of benzene rings is 1. The van der Waals surface area contributed by atoms with Gasteiger partial charge in [-0.15, -0.1) is 24.2 Å². The molecule has 1 rings (SSSR count). The van der Waals surface area contributed by atoms with E-state index in [9.17, 15) is 4.79 Å². The Bertz CT molecular complexity index is 431. The quantitative estimate of drug-likeness (QED) is 0.752. The van der Waals surface area contributed by atoms with Gasteiger partial charge in [-0.2, -0.15) is 0 Å². The van der Waals surface area contributed by atoms with Gasteiger partial charge in [0.2, 0.25) is 5.91 Å². The predicted octanol–water partition coefficient (Wildman–Crippen LogP) is 3.63. The first-order valence-electron chi connectivity index (χ1n) is 6.88. The summed E-state index contributed by atoms with van der Waals surface area (Å²) in [6, 6.07) is 7.71.